The van der Waals surface area contributed by atoms with E-state index in [1.165, 1.54) is 12.1 Å². The van der Waals surface area contributed by atoms with Crippen LogP contribution in [0.15, 0.2) is 47.4 Å². The Morgan fingerprint density at radius 3 is 2.38 bits per heavy atom. The third-order valence-corrected chi connectivity index (χ3v) is 4.49. The van der Waals surface area contributed by atoms with Gasteiger partial charge in [0.25, 0.3) is 0 Å². The largest absolute Gasteiger partial charge is 0.495 e. The van der Waals surface area contributed by atoms with Crippen LogP contribution in [0.2, 0.25) is 0 Å². The summed E-state index contributed by atoms with van der Waals surface area (Å²) in [6.45, 7) is 2.02. The van der Waals surface area contributed by atoms with Gasteiger partial charge in [-0.1, -0.05) is 6.07 Å². The van der Waals surface area contributed by atoms with Gasteiger partial charge in [-0.15, -0.1) is 0 Å². The molecule has 2 rings (SSSR count). The molecule has 128 valence electrons. The number of methoxy groups -OCH3 is 1. The molecule has 0 aliphatic carbocycles. The van der Waals surface area contributed by atoms with Crippen LogP contribution in [-0.2, 0) is 14.6 Å². The molecule has 6 nitrogen and oxygen atoms in total. The minimum Gasteiger partial charge on any atom is -0.495 e. The summed E-state index contributed by atoms with van der Waals surface area (Å²) in [5, 5.41) is 5.73. The number of nitrogens with one attached hydrogen (secondary N) is 2. The zero-order chi connectivity index (χ0) is 17.7. The van der Waals surface area contributed by atoms with Crippen molar-refractivity contribution < 1.29 is 17.9 Å². The monoisotopic (exact) mass is 348 g/mol. The summed E-state index contributed by atoms with van der Waals surface area (Å²) in [5.41, 5.74) is 2.32. The van der Waals surface area contributed by atoms with Gasteiger partial charge < -0.3 is 15.4 Å². The fourth-order valence-corrected chi connectivity index (χ4v) is 2.76. The predicted molar refractivity (Wildman–Crippen MR) is 94.4 cm³/mol. The number of amides is 1. The predicted octanol–water partition coefficient (Wildman–Crippen LogP) is 2.46. The number of aryl methyl sites for hydroxylation is 1. The molecule has 7 heteroatoms. The van der Waals surface area contributed by atoms with Gasteiger partial charge >= 0.3 is 0 Å². The summed E-state index contributed by atoms with van der Waals surface area (Å²) >= 11 is 0. The number of ether oxygens (including phenoxy) is 1. The molecule has 0 aliphatic heterocycles. The second-order valence-corrected chi connectivity index (χ2v) is 7.42. The summed E-state index contributed by atoms with van der Waals surface area (Å²) in [7, 11) is -1.68. The standard InChI is InChI=1S/C17H20N2O4S/c1-12-4-9-16(23-2)15(10-12)18-11-17(20)19-13-5-7-14(8-6-13)24(3,21)22/h4-10,18H,11H2,1-3H3,(H,19,20). The van der Waals surface area contributed by atoms with Gasteiger partial charge in [-0.05, 0) is 48.9 Å². The fraction of sp³-hybridized carbons (Fsp3) is 0.235. The first-order valence-electron chi connectivity index (χ1n) is 7.28. The van der Waals surface area contributed by atoms with Gasteiger partial charge in [0.05, 0.1) is 24.2 Å². The third kappa shape index (κ3) is 4.73. The Kier molecular flexibility index (Phi) is 5.46. The lowest BCUT2D eigenvalue weighted by molar-refractivity contribution is -0.114. The lowest BCUT2D eigenvalue weighted by atomic mass is 10.2. The molecule has 2 N–H and O–H groups in total. The van der Waals surface area contributed by atoms with Crippen molar-refractivity contribution in [2.75, 3.05) is 30.5 Å². The maximum absolute atomic E-state index is 12.0. The smallest absolute Gasteiger partial charge is 0.243 e. The van der Waals surface area contributed by atoms with Gasteiger partial charge in [-0.2, -0.15) is 0 Å². The molecule has 0 bridgehead atoms. The molecule has 0 aliphatic rings. The van der Waals surface area contributed by atoms with Crippen LogP contribution in [0.25, 0.3) is 0 Å². The molecule has 0 spiro atoms. The first-order valence-corrected chi connectivity index (χ1v) is 9.17. The Labute approximate surface area is 141 Å². The van der Waals surface area contributed by atoms with E-state index in [0.29, 0.717) is 11.4 Å². The van der Waals surface area contributed by atoms with Gasteiger partial charge in [0.1, 0.15) is 5.75 Å². The van der Waals surface area contributed by atoms with Crippen LogP contribution in [0, 0.1) is 6.92 Å². The van der Waals surface area contributed by atoms with Crippen molar-refractivity contribution in [3.63, 3.8) is 0 Å². The van der Waals surface area contributed by atoms with Crippen molar-refractivity contribution in [3.05, 3.63) is 48.0 Å². The average Bonchev–Trinajstić information content (AvgIpc) is 2.53. The molecule has 0 aromatic heterocycles. The van der Waals surface area contributed by atoms with Crippen molar-refractivity contribution in [1.29, 1.82) is 0 Å². The molecule has 1 amide bonds. The summed E-state index contributed by atoms with van der Waals surface area (Å²) in [4.78, 5) is 12.2. The van der Waals surface area contributed by atoms with Crippen LogP contribution in [0.3, 0.4) is 0 Å². The van der Waals surface area contributed by atoms with E-state index in [1.54, 1.807) is 19.2 Å². The number of sulfone groups is 1. The number of carbonyl (C=O) groups excluding carboxylic acids is 1. The van der Waals surface area contributed by atoms with E-state index in [0.717, 1.165) is 17.5 Å². The number of rotatable bonds is 6. The average molecular weight is 348 g/mol. The van der Waals surface area contributed by atoms with E-state index < -0.39 is 9.84 Å². The summed E-state index contributed by atoms with van der Waals surface area (Å²) in [6, 6.07) is 11.7. The summed E-state index contributed by atoms with van der Waals surface area (Å²) < 4.78 is 28.1. The highest BCUT2D eigenvalue weighted by molar-refractivity contribution is 7.90. The second-order valence-electron chi connectivity index (χ2n) is 5.40. The fourth-order valence-electron chi connectivity index (χ4n) is 2.13. The Bertz CT molecular complexity index is 830. The summed E-state index contributed by atoms with van der Waals surface area (Å²) in [6.07, 6.45) is 1.14. The molecule has 0 heterocycles. The SMILES string of the molecule is COc1ccc(C)cc1NCC(=O)Nc1ccc(S(C)(=O)=O)cc1. The Balaban J connectivity index is 1.98. The second kappa shape index (κ2) is 7.35. The van der Waals surface area contributed by atoms with E-state index in [1.807, 2.05) is 25.1 Å². The van der Waals surface area contributed by atoms with E-state index >= 15 is 0 Å². The quantitative estimate of drug-likeness (QED) is 0.838. The van der Waals surface area contributed by atoms with Crippen LogP contribution >= 0.6 is 0 Å². The maximum atomic E-state index is 12.0. The highest BCUT2D eigenvalue weighted by atomic mass is 32.2. The molecule has 0 saturated heterocycles. The highest BCUT2D eigenvalue weighted by Gasteiger charge is 2.09. The summed E-state index contributed by atoms with van der Waals surface area (Å²) in [5.74, 6) is 0.413. The molecular weight excluding hydrogens is 328 g/mol. The molecular formula is C17H20N2O4S. The van der Waals surface area contributed by atoms with Crippen LogP contribution in [0.5, 0.6) is 5.75 Å². The van der Waals surface area contributed by atoms with Crippen molar-refractivity contribution in [2.24, 2.45) is 0 Å². The lowest BCUT2D eigenvalue weighted by Crippen LogP contribution is -2.22. The minimum absolute atomic E-state index is 0.0631. The van der Waals surface area contributed by atoms with Crippen molar-refractivity contribution in [1.82, 2.24) is 0 Å². The number of carbonyl (C=O) groups is 1. The number of benzene rings is 2. The van der Waals surface area contributed by atoms with Crippen molar-refractivity contribution >= 4 is 27.1 Å². The number of anilines is 2. The van der Waals surface area contributed by atoms with E-state index in [4.69, 9.17) is 4.74 Å². The van der Waals surface area contributed by atoms with Gasteiger partial charge in [0.2, 0.25) is 5.91 Å². The van der Waals surface area contributed by atoms with Crippen molar-refractivity contribution in [3.8, 4) is 5.75 Å². The van der Waals surface area contributed by atoms with Gasteiger partial charge in [0.15, 0.2) is 9.84 Å². The first-order chi connectivity index (χ1) is 11.3. The zero-order valence-corrected chi connectivity index (χ0v) is 14.6. The van der Waals surface area contributed by atoms with Crippen LogP contribution in [-0.4, -0.2) is 34.2 Å². The molecule has 0 radical (unpaired) electrons. The van der Waals surface area contributed by atoms with Crippen LogP contribution < -0.4 is 15.4 Å². The molecule has 2 aromatic rings. The minimum atomic E-state index is -3.25. The third-order valence-electron chi connectivity index (χ3n) is 3.36. The van der Waals surface area contributed by atoms with Crippen LogP contribution in [0.1, 0.15) is 5.56 Å². The molecule has 0 atom stereocenters. The van der Waals surface area contributed by atoms with Crippen LogP contribution in [0.4, 0.5) is 11.4 Å². The Morgan fingerprint density at radius 2 is 1.79 bits per heavy atom. The highest BCUT2D eigenvalue weighted by Crippen LogP contribution is 2.24. The van der Waals surface area contributed by atoms with E-state index in [2.05, 4.69) is 10.6 Å². The number of hydrogen-bond acceptors (Lipinski definition) is 5. The normalized spacial score (nSPS) is 11.0. The van der Waals surface area contributed by atoms with Gasteiger partial charge in [-0.3, -0.25) is 4.79 Å². The zero-order valence-electron chi connectivity index (χ0n) is 13.8. The Hall–Kier alpha value is -2.54. The molecule has 2 aromatic carbocycles. The molecule has 24 heavy (non-hydrogen) atoms. The molecule has 0 unspecified atom stereocenters. The Morgan fingerprint density at radius 1 is 1.12 bits per heavy atom. The van der Waals surface area contributed by atoms with E-state index in [9.17, 15) is 13.2 Å². The first kappa shape index (κ1) is 17.8. The van der Waals surface area contributed by atoms with Gasteiger partial charge in [-0.25, -0.2) is 8.42 Å². The maximum Gasteiger partial charge on any atom is 0.243 e. The molecule has 0 fully saturated rings. The number of hydrogen-bond donors (Lipinski definition) is 2. The van der Waals surface area contributed by atoms with Crippen molar-refractivity contribution in [2.45, 2.75) is 11.8 Å². The molecule has 0 saturated carbocycles. The topological polar surface area (TPSA) is 84.5 Å². The van der Waals surface area contributed by atoms with E-state index in [-0.39, 0.29) is 17.3 Å². The van der Waals surface area contributed by atoms with Gasteiger partial charge in [0, 0.05) is 11.9 Å². The lowest BCUT2D eigenvalue weighted by Gasteiger charge is -2.12.